The van der Waals surface area contributed by atoms with Crippen molar-refractivity contribution in [1.82, 2.24) is 14.6 Å². The second kappa shape index (κ2) is 8.92. The van der Waals surface area contributed by atoms with E-state index in [9.17, 15) is 0 Å². The summed E-state index contributed by atoms with van der Waals surface area (Å²) in [6.45, 7) is 12.5. The van der Waals surface area contributed by atoms with Gasteiger partial charge in [0.15, 0.2) is 5.16 Å². The van der Waals surface area contributed by atoms with Gasteiger partial charge in [0.1, 0.15) is 0 Å². The van der Waals surface area contributed by atoms with E-state index < -0.39 is 0 Å². The summed E-state index contributed by atoms with van der Waals surface area (Å²) in [4.78, 5) is 7.30. The van der Waals surface area contributed by atoms with Gasteiger partial charge in [-0.25, -0.2) is 9.66 Å². The molecule has 1 atom stereocenters. The maximum atomic E-state index is 6.39. The number of fused-ring (bicyclic) bond motifs is 1. The highest BCUT2D eigenvalue weighted by Crippen LogP contribution is 2.32. The summed E-state index contributed by atoms with van der Waals surface area (Å²) in [5.41, 5.74) is 5.10. The lowest BCUT2D eigenvalue weighted by molar-refractivity contribution is 0.285. The zero-order valence-corrected chi connectivity index (χ0v) is 19.3. The van der Waals surface area contributed by atoms with E-state index in [2.05, 4.69) is 58.7 Å². The maximum absolute atomic E-state index is 6.39. The van der Waals surface area contributed by atoms with Crippen molar-refractivity contribution in [2.24, 2.45) is 0 Å². The molecule has 0 spiro atoms. The van der Waals surface area contributed by atoms with Crippen molar-refractivity contribution in [2.45, 2.75) is 24.3 Å². The first-order chi connectivity index (χ1) is 14.4. The van der Waals surface area contributed by atoms with Crippen molar-refractivity contribution in [2.75, 3.05) is 43.6 Å². The number of thioether (sulfide) groups is 1. The molecule has 158 valence electrons. The van der Waals surface area contributed by atoms with Gasteiger partial charge in [-0.15, -0.1) is 0 Å². The molecule has 7 heteroatoms. The lowest BCUT2D eigenvalue weighted by Crippen LogP contribution is -2.50. The molecule has 0 amide bonds. The molecule has 1 aliphatic rings. The SMILES string of the molecule is C=C(Nc1ccc(C)cc1Cl)C(C)Sc1nc2ccccc2n1N1CCN(C)CC1. The second-order valence-corrected chi connectivity index (χ2v) is 9.56. The average Bonchev–Trinajstić information content (AvgIpc) is 3.08. The minimum absolute atomic E-state index is 0.116. The predicted molar refractivity (Wildman–Crippen MR) is 129 cm³/mol. The summed E-state index contributed by atoms with van der Waals surface area (Å²) in [5, 5.41) is 7.61. The highest BCUT2D eigenvalue weighted by Gasteiger charge is 2.22. The number of likely N-dealkylation sites (N-methyl/N-ethyl adjacent to an activating group) is 1. The van der Waals surface area contributed by atoms with Gasteiger partial charge in [0, 0.05) is 37.1 Å². The van der Waals surface area contributed by atoms with Gasteiger partial charge in [-0.2, -0.15) is 0 Å². The smallest absolute Gasteiger partial charge is 0.188 e. The molecule has 0 saturated carbocycles. The number of piperazine rings is 1. The molecular weight excluding hydrogens is 414 g/mol. The van der Waals surface area contributed by atoms with Crippen LogP contribution in [0.15, 0.2) is 59.9 Å². The summed E-state index contributed by atoms with van der Waals surface area (Å²) in [6, 6.07) is 14.4. The van der Waals surface area contributed by atoms with Gasteiger partial charge in [0.2, 0.25) is 0 Å². The highest BCUT2D eigenvalue weighted by molar-refractivity contribution is 8.00. The van der Waals surface area contributed by atoms with Gasteiger partial charge >= 0.3 is 0 Å². The summed E-state index contributed by atoms with van der Waals surface area (Å²) < 4.78 is 2.29. The van der Waals surface area contributed by atoms with Crippen LogP contribution in [0.5, 0.6) is 0 Å². The number of imidazole rings is 1. The summed E-state index contributed by atoms with van der Waals surface area (Å²) in [5.74, 6) is 0. The van der Waals surface area contributed by atoms with E-state index in [4.69, 9.17) is 16.6 Å². The molecule has 1 saturated heterocycles. The summed E-state index contributed by atoms with van der Waals surface area (Å²) in [7, 11) is 2.17. The lowest BCUT2D eigenvalue weighted by Gasteiger charge is -2.35. The molecule has 1 aliphatic heterocycles. The fourth-order valence-corrected chi connectivity index (χ4v) is 4.83. The molecule has 2 aromatic carbocycles. The van der Waals surface area contributed by atoms with Crippen molar-refractivity contribution in [1.29, 1.82) is 0 Å². The van der Waals surface area contributed by atoms with Crippen LogP contribution in [0.3, 0.4) is 0 Å². The van der Waals surface area contributed by atoms with Gasteiger partial charge in [-0.3, -0.25) is 0 Å². The van der Waals surface area contributed by atoms with Gasteiger partial charge in [-0.05, 0) is 50.7 Å². The number of halogens is 1. The standard InChI is InChI=1S/C23H28ClN5S/c1-16-9-10-20(19(24)15-16)25-17(2)18(3)30-23-26-21-7-5-6-8-22(21)29(23)28-13-11-27(4)12-14-28/h5-10,15,18,25H,2,11-14H2,1,3-4H3. The molecule has 2 heterocycles. The van der Waals surface area contributed by atoms with Crippen molar-refractivity contribution in [3.05, 3.63) is 65.3 Å². The zero-order chi connectivity index (χ0) is 21.3. The Hall–Kier alpha value is -2.15. The largest absolute Gasteiger partial charge is 0.357 e. The number of hydrogen-bond acceptors (Lipinski definition) is 5. The Labute approximate surface area is 187 Å². The van der Waals surface area contributed by atoms with Crippen LogP contribution in [-0.4, -0.2) is 53.0 Å². The number of benzene rings is 2. The van der Waals surface area contributed by atoms with E-state index >= 15 is 0 Å². The average molecular weight is 442 g/mol. The molecule has 1 aromatic heterocycles. The lowest BCUT2D eigenvalue weighted by atomic mass is 10.2. The molecule has 5 nitrogen and oxygen atoms in total. The zero-order valence-electron chi connectivity index (χ0n) is 17.7. The minimum atomic E-state index is 0.116. The molecule has 0 aliphatic carbocycles. The third-order valence-corrected chi connectivity index (χ3v) is 6.89. The second-order valence-electron chi connectivity index (χ2n) is 7.85. The first-order valence-corrected chi connectivity index (χ1v) is 11.5. The molecule has 1 N–H and O–H groups in total. The Morgan fingerprint density at radius 3 is 2.63 bits per heavy atom. The van der Waals surface area contributed by atoms with Gasteiger partial charge in [0.05, 0.1) is 21.7 Å². The molecule has 0 bridgehead atoms. The normalized spacial score (nSPS) is 16.1. The fraction of sp³-hybridized carbons (Fsp3) is 0.348. The number of nitrogens with one attached hydrogen (secondary N) is 1. The van der Waals surface area contributed by atoms with Crippen molar-refractivity contribution in [3.63, 3.8) is 0 Å². The van der Waals surface area contributed by atoms with E-state index in [-0.39, 0.29) is 5.25 Å². The molecule has 1 unspecified atom stereocenters. The van der Waals surface area contributed by atoms with Crippen LogP contribution >= 0.6 is 23.4 Å². The highest BCUT2D eigenvalue weighted by atomic mass is 35.5. The number of para-hydroxylation sites is 2. The maximum Gasteiger partial charge on any atom is 0.188 e. The van der Waals surface area contributed by atoms with Crippen LogP contribution in [0.25, 0.3) is 11.0 Å². The molecule has 3 aromatic rings. The number of nitrogens with zero attached hydrogens (tertiary/aromatic N) is 4. The number of aryl methyl sites for hydroxylation is 1. The van der Waals surface area contributed by atoms with Crippen LogP contribution in [0.4, 0.5) is 5.69 Å². The van der Waals surface area contributed by atoms with Crippen LogP contribution in [-0.2, 0) is 0 Å². The van der Waals surface area contributed by atoms with Gasteiger partial charge in [-0.1, -0.05) is 48.1 Å². The van der Waals surface area contributed by atoms with Crippen LogP contribution in [0.1, 0.15) is 12.5 Å². The Kier molecular flexibility index (Phi) is 6.27. The quantitative estimate of drug-likeness (QED) is 0.545. The van der Waals surface area contributed by atoms with Crippen molar-refractivity contribution >= 4 is 40.1 Å². The van der Waals surface area contributed by atoms with E-state index in [1.54, 1.807) is 11.8 Å². The van der Waals surface area contributed by atoms with E-state index in [0.717, 1.165) is 59.3 Å². The molecule has 4 rings (SSSR count). The number of aromatic nitrogens is 2. The predicted octanol–water partition coefficient (Wildman–Crippen LogP) is 4.99. The number of hydrogen-bond donors (Lipinski definition) is 1. The molecule has 0 radical (unpaired) electrons. The third kappa shape index (κ3) is 4.46. The summed E-state index contributed by atoms with van der Waals surface area (Å²) >= 11 is 8.11. The molecular formula is C23H28ClN5S. The number of rotatable bonds is 6. The fourth-order valence-electron chi connectivity index (χ4n) is 3.56. The number of anilines is 1. The topological polar surface area (TPSA) is 36.3 Å². The van der Waals surface area contributed by atoms with Crippen LogP contribution < -0.4 is 10.3 Å². The molecule has 30 heavy (non-hydrogen) atoms. The van der Waals surface area contributed by atoms with E-state index in [0.29, 0.717) is 5.02 Å². The van der Waals surface area contributed by atoms with Crippen molar-refractivity contribution < 1.29 is 0 Å². The van der Waals surface area contributed by atoms with Crippen LogP contribution in [0, 0.1) is 6.92 Å². The Morgan fingerprint density at radius 2 is 1.90 bits per heavy atom. The third-order valence-electron chi connectivity index (χ3n) is 5.46. The minimum Gasteiger partial charge on any atom is -0.357 e. The monoisotopic (exact) mass is 441 g/mol. The van der Waals surface area contributed by atoms with Gasteiger partial charge < -0.3 is 15.2 Å². The van der Waals surface area contributed by atoms with Gasteiger partial charge in [0.25, 0.3) is 0 Å². The Bertz CT molecular complexity index is 1050. The van der Waals surface area contributed by atoms with E-state index in [1.807, 2.05) is 31.2 Å². The first-order valence-electron chi connectivity index (χ1n) is 10.2. The summed E-state index contributed by atoms with van der Waals surface area (Å²) in [6.07, 6.45) is 0. The Morgan fingerprint density at radius 1 is 1.17 bits per heavy atom. The van der Waals surface area contributed by atoms with Crippen LogP contribution in [0.2, 0.25) is 5.02 Å². The van der Waals surface area contributed by atoms with Crippen molar-refractivity contribution in [3.8, 4) is 0 Å². The first kappa shape index (κ1) is 21.1. The van der Waals surface area contributed by atoms with E-state index in [1.165, 1.54) is 0 Å². The molecule has 1 fully saturated rings. The Balaban J connectivity index is 1.56.